The fourth-order valence-corrected chi connectivity index (χ4v) is 9.13. The fraction of sp³-hybridized carbons (Fsp3) is 0.625. The van der Waals surface area contributed by atoms with Crippen molar-refractivity contribution in [1.82, 2.24) is 20.2 Å². The van der Waals surface area contributed by atoms with Gasteiger partial charge in [0.15, 0.2) is 11.5 Å². The zero-order valence-corrected chi connectivity index (χ0v) is 30.7. The van der Waals surface area contributed by atoms with Gasteiger partial charge in [-0.3, -0.25) is 4.79 Å². The van der Waals surface area contributed by atoms with Crippen molar-refractivity contribution in [1.29, 1.82) is 0 Å². The number of nitrogens with zero attached hydrogens (tertiary/aromatic N) is 4. The molecule has 0 bridgehead atoms. The summed E-state index contributed by atoms with van der Waals surface area (Å²) in [6.45, 7) is 9.23. The lowest BCUT2D eigenvalue weighted by atomic mass is 9.65. The van der Waals surface area contributed by atoms with Gasteiger partial charge in [0, 0.05) is 43.5 Å². The Hall–Kier alpha value is -3.66. The van der Waals surface area contributed by atoms with Gasteiger partial charge in [-0.05, 0) is 98.4 Å². The highest BCUT2D eigenvalue weighted by Gasteiger charge is 2.40. The number of anilines is 2. The summed E-state index contributed by atoms with van der Waals surface area (Å²) in [4.78, 5) is 28.3. The topological polar surface area (TPSA) is 106 Å². The van der Waals surface area contributed by atoms with Gasteiger partial charge < -0.3 is 30.3 Å². The first kappa shape index (κ1) is 36.1. The first-order valence-corrected chi connectivity index (χ1v) is 18.9. The molecule has 4 atom stereocenters. The minimum absolute atomic E-state index is 0.0750. The number of amides is 1. The van der Waals surface area contributed by atoms with Crippen LogP contribution in [0.3, 0.4) is 0 Å². The fourth-order valence-electron chi connectivity index (χ4n) is 9.13. The number of benzene rings is 2. The highest BCUT2D eigenvalue weighted by Crippen LogP contribution is 2.46. The monoisotopic (exact) mass is 688 g/mol. The predicted octanol–water partition coefficient (Wildman–Crippen LogP) is 7.40. The van der Waals surface area contributed by atoms with Crippen LogP contribution in [0.4, 0.5) is 16.2 Å². The zero-order chi connectivity index (χ0) is 35.4. The summed E-state index contributed by atoms with van der Waals surface area (Å²) in [5.41, 5.74) is 8.22. The molecule has 2 saturated carbocycles. The number of nitrogens with one attached hydrogen (secondary N) is 1. The van der Waals surface area contributed by atoms with Gasteiger partial charge in [0.1, 0.15) is 11.6 Å². The minimum atomic E-state index is -0.276. The SMILES string of the molecule is CCN[C@H](CC(=O)N1CCN(c2nc(N)c3cc(OC)c(OC)cc3n2)C(C2CCCC(CC3CC(CC(C)C)C3)C2)C1)c1ccc(F)cc1. The molecule has 272 valence electrons. The van der Waals surface area contributed by atoms with Crippen LogP contribution in [-0.4, -0.2) is 67.2 Å². The lowest BCUT2D eigenvalue weighted by Crippen LogP contribution is -2.58. The molecule has 3 aliphatic rings. The van der Waals surface area contributed by atoms with Gasteiger partial charge in [-0.1, -0.05) is 45.7 Å². The van der Waals surface area contributed by atoms with E-state index < -0.39 is 0 Å². The Kier molecular flexibility index (Phi) is 11.7. The van der Waals surface area contributed by atoms with Crippen LogP contribution in [0, 0.1) is 35.4 Å². The molecule has 3 aromatic rings. The van der Waals surface area contributed by atoms with Crippen LogP contribution in [-0.2, 0) is 4.79 Å². The maximum Gasteiger partial charge on any atom is 0.228 e. The predicted molar refractivity (Wildman–Crippen MR) is 198 cm³/mol. The molecule has 1 aliphatic heterocycles. The molecule has 0 spiro atoms. The molecule has 6 rings (SSSR count). The second-order valence-corrected chi connectivity index (χ2v) is 15.5. The van der Waals surface area contributed by atoms with E-state index in [0.29, 0.717) is 73.2 Å². The standard InChI is InChI=1S/C40H57FN6O3/c1-6-43-33(29-10-12-31(41)13-11-29)23-38(48)46-14-15-47(40-44-34-22-37(50-5)36(49-4)21-32(34)39(42)45-40)35(24-46)30-9-7-8-26(20-30)17-28-18-27(19-28)16-25(2)3/h10-13,21-22,25-28,30,33,35,43H,6-9,14-20,23-24H2,1-5H3,(H2,42,44,45)/t26?,27?,28?,30?,33-,35?/m1/s1. The van der Waals surface area contributed by atoms with Crippen LogP contribution in [0.15, 0.2) is 36.4 Å². The van der Waals surface area contributed by atoms with Crippen molar-refractivity contribution in [3.63, 3.8) is 0 Å². The number of methoxy groups -OCH3 is 2. The maximum atomic E-state index is 14.0. The van der Waals surface area contributed by atoms with Gasteiger partial charge in [-0.25, -0.2) is 9.37 Å². The van der Waals surface area contributed by atoms with Crippen LogP contribution in [0.1, 0.15) is 90.2 Å². The summed E-state index contributed by atoms with van der Waals surface area (Å²) in [6, 6.07) is 10.1. The van der Waals surface area contributed by atoms with Crippen molar-refractivity contribution in [3.05, 3.63) is 47.8 Å². The number of fused-ring (bicyclic) bond motifs is 1. The van der Waals surface area contributed by atoms with E-state index in [2.05, 4.69) is 24.1 Å². The van der Waals surface area contributed by atoms with Crippen LogP contribution in [0.5, 0.6) is 11.5 Å². The maximum absolute atomic E-state index is 14.0. The number of nitrogen functional groups attached to an aromatic ring is 1. The number of nitrogens with two attached hydrogens (primary N) is 1. The van der Waals surface area contributed by atoms with E-state index >= 15 is 0 Å². The van der Waals surface area contributed by atoms with Crippen molar-refractivity contribution < 1.29 is 18.7 Å². The second-order valence-electron chi connectivity index (χ2n) is 15.5. The van der Waals surface area contributed by atoms with Gasteiger partial charge in [0.2, 0.25) is 11.9 Å². The Morgan fingerprint density at radius 1 is 1.00 bits per heavy atom. The molecule has 2 heterocycles. The molecule has 10 heteroatoms. The summed E-state index contributed by atoms with van der Waals surface area (Å²) < 4.78 is 24.8. The van der Waals surface area contributed by atoms with Crippen molar-refractivity contribution in [2.24, 2.45) is 29.6 Å². The van der Waals surface area contributed by atoms with E-state index in [9.17, 15) is 9.18 Å². The number of hydrogen-bond acceptors (Lipinski definition) is 8. The number of carbonyl (C=O) groups is 1. The summed E-state index contributed by atoms with van der Waals surface area (Å²) in [5.74, 6) is 5.69. The molecule has 3 unspecified atom stereocenters. The Bertz CT molecular complexity index is 1600. The first-order chi connectivity index (χ1) is 24.1. The number of carbonyl (C=O) groups excluding carboxylic acids is 1. The quantitative estimate of drug-likeness (QED) is 0.192. The van der Waals surface area contributed by atoms with E-state index in [-0.39, 0.29) is 23.8 Å². The summed E-state index contributed by atoms with van der Waals surface area (Å²) in [6.07, 6.45) is 10.6. The molecule has 9 nitrogen and oxygen atoms in total. The number of ether oxygens (including phenoxy) is 2. The molecule has 3 N–H and O–H groups in total. The normalized spacial score (nSPS) is 24.7. The van der Waals surface area contributed by atoms with Crippen LogP contribution in [0.2, 0.25) is 0 Å². The third-order valence-electron chi connectivity index (χ3n) is 11.5. The number of piperazine rings is 1. The van der Waals surface area contributed by atoms with E-state index in [1.54, 1.807) is 26.4 Å². The van der Waals surface area contributed by atoms with Crippen molar-refractivity contribution in [3.8, 4) is 11.5 Å². The molecule has 50 heavy (non-hydrogen) atoms. The molecule has 2 aromatic carbocycles. The van der Waals surface area contributed by atoms with Gasteiger partial charge in [0.25, 0.3) is 0 Å². The van der Waals surface area contributed by atoms with Gasteiger partial charge >= 0.3 is 0 Å². The first-order valence-electron chi connectivity index (χ1n) is 18.9. The average Bonchev–Trinajstić information content (AvgIpc) is 3.10. The largest absolute Gasteiger partial charge is 0.493 e. The van der Waals surface area contributed by atoms with E-state index in [1.165, 1.54) is 50.7 Å². The van der Waals surface area contributed by atoms with E-state index in [1.807, 2.05) is 24.0 Å². The lowest BCUT2D eigenvalue weighted by Gasteiger charge is -2.48. The number of hydrogen-bond donors (Lipinski definition) is 2. The molecule has 1 amide bonds. The molecular weight excluding hydrogens is 631 g/mol. The van der Waals surface area contributed by atoms with Gasteiger partial charge in [-0.15, -0.1) is 0 Å². The molecule has 1 saturated heterocycles. The zero-order valence-electron chi connectivity index (χ0n) is 30.7. The van der Waals surface area contributed by atoms with Gasteiger partial charge in [0.05, 0.1) is 25.8 Å². The molecule has 2 aliphatic carbocycles. The summed E-state index contributed by atoms with van der Waals surface area (Å²) in [7, 11) is 3.22. The molecular formula is C40H57FN6O3. The molecule has 1 aromatic heterocycles. The average molecular weight is 689 g/mol. The van der Waals surface area contributed by atoms with E-state index in [4.69, 9.17) is 25.2 Å². The third kappa shape index (κ3) is 8.27. The smallest absolute Gasteiger partial charge is 0.228 e. The van der Waals surface area contributed by atoms with Crippen molar-refractivity contribution >= 4 is 28.6 Å². The summed E-state index contributed by atoms with van der Waals surface area (Å²) >= 11 is 0. The van der Waals surface area contributed by atoms with Crippen LogP contribution in [0.25, 0.3) is 10.9 Å². The lowest BCUT2D eigenvalue weighted by molar-refractivity contribution is -0.133. The van der Waals surface area contributed by atoms with Crippen molar-refractivity contribution in [2.45, 2.75) is 90.6 Å². The Balaban J connectivity index is 1.24. The van der Waals surface area contributed by atoms with Crippen molar-refractivity contribution in [2.75, 3.05) is 51.0 Å². The molecule has 3 fully saturated rings. The molecule has 0 radical (unpaired) electrons. The highest BCUT2D eigenvalue weighted by atomic mass is 19.1. The Morgan fingerprint density at radius 2 is 1.74 bits per heavy atom. The number of rotatable bonds is 13. The number of aromatic nitrogens is 2. The third-order valence-corrected chi connectivity index (χ3v) is 11.5. The van der Waals surface area contributed by atoms with E-state index in [0.717, 1.165) is 41.5 Å². The van der Waals surface area contributed by atoms with Crippen LogP contribution >= 0.6 is 0 Å². The van der Waals surface area contributed by atoms with Crippen LogP contribution < -0.4 is 25.4 Å². The highest BCUT2D eigenvalue weighted by molar-refractivity contribution is 5.91. The van der Waals surface area contributed by atoms with Gasteiger partial charge in [-0.2, -0.15) is 4.98 Å². The summed E-state index contributed by atoms with van der Waals surface area (Å²) in [5, 5.41) is 4.18. The Labute approximate surface area is 297 Å². The Morgan fingerprint density at radius 3 is 2.44 bits per heavy atom. The number of halogens is 1. The minimum Gasteiger partial charge on any atom is -0.493 e. The second kappa shape index (κ2) is 16.1.